The Morgan fingerprint density at radius 1 is 1.16 bits per heavy atom. The zero-order valence-electron chi connectivity index (χ0n) is 21.6. The summed E-state index contributed by atoms with van der Waals surface area (Å²) in [6.07, 6.45) is 3.40. The summed E-state index contributed by atoms with van der Waals surface area (Å²) in [5.41, 5.74) is 4.18. The number of aryl methyl sites for hydroxylation is 1. The SMILES string of the molecule is C=CCN1C(=O)c2ccc(Nc3cc(N[C@H](CO)c4ccccc4)c(-c4nc(C)no4)cn3)cc2C1(C)C. The summed E-state index contributed by atoms with van der Waals surface area (Å²) in [5.74, 6) is 1.41. The first-order valence-corrected chi connectivity index (χ1v) is 12.4. The molecule has 3 heterocycles. The van der Waals surface area contributed by atoms with Crippen molar-refractivity contribution in [2.45, 2.75) is 32.4 Å². The molecule has 0 bridgehead atoms. The number of hydrogen-bond acceptors (Lipinski definition) is 8. The minimum Gasteiger partial charge on any atom is -0.394 e. The third-order valence-electron chi connectivity index (χ3n) is 6.79. The van der Waals surface area contributed by atoms with Crippen molar-refractivity contribution in [3.05, 3.63) is 96.0 Å². The number of hydrogen-bond donors (Lipinski definition) is 3. The lowest BCUT2D eigenvalue weighted by atomic mass is 9.93. The van der Waals surface area contributed by atoms with Gasteiger partial charge in [0.2, 0.25) is 0 Å². The molecule has 0 spiro atoms. The highest BCUT2D eigenvalue weighted by Gasteiger charge is 2.42. The van der Waals surface area contributed by atoms with Crippen LogP contribution in [-0.2, 0) is 5.54 Å². The highest BCUT2D eigenvalue weighted by Crippen LogP contribution is 2.40. The van der Waals surface area contributed by atoms with Crippen molar-refractivity contribution in [3.8, 4) is 11.5 Å². The van der Waals surface area contributed by atoms with Gasteiger partial charge in [-0.2, -0.15) is 4.98 Å². The summed E-state index contributed by atoms with van der Waals surface area (Å²) >= 11 is 0. The molecule has 1 amide bonds. The fraction of sp³-hybridized carbons (Fsp3) is 0.241. The molecular weight excluding hydrogens is 480 g/mol. The van der Waals surface area contributed by atoms with E-state index in [0.29, 0.717) is 40.9 Å². The van der Waals surface area contributed by atoms with Crippen molar-refractivity contribution >= 4 is 23.1 Å². The van der Waals surface area contributed by atoms with Crippen LogP contribution in [0.3, 0.4) is 0 Å². The molecule has 38 heavy (non-hydrogen) atoms. The van der Waals surface area contributed by atoms with E-state index in [2.05, 4.69) is 32.3 Å². The van der Waals surface area contributed by atoms with Gasteiger partial charge in [-0.3, -0.25) is 4.79 Å². The molecule has 2 aromatic heterocycles. The molecule has 0 fully saturated rings. The van der Waals surface area contributed by atoms with Crippen molar-refractivity contribution in [1.29, 1.82) is 0 Å². The van der Waals surface area contributed by atoms with Crippen LogP contribution >= 0.6 is 0 Å². The predicted octanol–water partition coefficient (Wildman–Crippen LogP) is 5.21. The quantitative estimate of drug-likeness (QED) is 0.263. The molecule has 2 aromatic carbocycles. The predicted molar refractivity (Wildman–Crippen MR) is 146 cm³/mol. The first kappa shape index (κ1) is 25.2. The number of benzene rings is 2. The molecule has 9 nitrogen and oxygen atoms in total. The van der Waals surface area contributed by atoms with Crippen LogP contribution in [0.15, 0.2) is 78.0 Å². The number of carbonyl (C=O) groups excluding carboxylic acids is 1. The number of nitrogens with one attached hydrogen (secondary N) is 2. The number of aliphatic hydroxyl groups excluding tert-OH is 1. The molecule has 1 aliphatic rings. The zero-order valence-corrected chi connectivity index (χ0v) is 21.6. The van der Waals surface area contributed by atoms with Crippen molar-refractivity contribution < 1.29 is 14.4 Å². The Morgan fingerprint density at radius 2 is 1.95 bits per heavy atom. The number of amides is 1. The van der Waals surface area contributed by atoms with E-state index in [-0.39, 0.29) is 18.6 Å². The zero-order chi connectivity index (χ0) is 26.9. The number of rotatable bonds is 9. The number of fused-ring (bicyclic) bond motifs is 1. The Morgan fingerprint density at radius 3 is 2.63 bits per heavy atom. The van der Waals surface area contributed by atoms with Crippen molar-refractivity contribution in [2.75, 3.05) is 23.8 Å². The van der Waals surface area contributed by atoms with Crippen LogP contribution in [0.25, 0.3) is 11.5 Å². The maximum Gasteiger partial charge on any atom is 0.261 e. The highest BCUT2D eigenvalue weighted by molar-refractivity contribution is 6.00. The van der Waals surface area contributed by atoms with Crippen LogP contribution < -0.4 is 10.6 Å². The fourth-order valence-electron chi connectivity index (χ4n) is 4.77. The summed E-state index contributed by atoms with van der Waals surface area (Å²) in [4.78, 5) is 23.7. The van der Waals surface area contributed by atoms with Gasteiger partial charge in [-0.25, -0.2) is 4.98 Å². The van der Waals surface area contributed by atoms with Gasteiger partial charge in [-0.1, -0.05) is 41.6 Å². The fourth-order valence-corrected chi connectivity index (χ4v) is 4.77. The van der Waals surface area contributed by atoms with Crippen LogP contribution in [-0.4, -0.2) is 44.2 Å². The van der Waals surface area contributed by atoms with E-state index in [9.17, 15) is 9.90 Å². The number of aliphatic hydroxyl groups is 1. The first-order valence-electron chi connectivity index (χ1n) is 12.4. The van der Waals surface area contributed by atoms with Gasteiger partial charge in [0, 0.05) is 30.1 Å². The normalized spacial score (nSPS) is 14.7. The average molecular weight is 511 g/mol. The molecule has 0 unspecified atom stereocenters. The number of nitrogens with zero attached hydrogens (tertiary/aromatic N) is 4. The summed E-state index contributed by atoms with van der Waals surface area (Å²) in [5, 5.41) is 20.8. The van der Waals surface area contributed by atoms with Gasteiger partial charge >= 0.3 is 0 Å². The van der Waals surface area contributed by atoms with Crippen LogP contribution in [0.2, 0.25) is 0 Å². The Labute approximate surface area is 221 Å². The maximum atomic E-state index is 12.9. The molecular formula is C29H30N6O3. The van der Waals surface area contributed by atoms with Crippen LogP contribution in [0.1, 0.15) is 47.2 Å². The molecule has 3 N–H and O–H groups in total. The van der Waals surface area contributed by atoms with Gasteiger partial charge in [0.25, 0.3) is 11.8 Å². The van der Waals surface area contributed by atoms with E-state index in [0.717, 1.165) is 16.8 Å². The standard InChI is InChI=1S/C29H30N6O3/c1-5-13-35-28(37)21-12-11-20(14-23(21)29(35,3)4)32-26-15-24(22(16-30-26)27-31-18(2)34-38-27)33-25(17-36)19-9-7-6-8-10-19/h5-12,14-16,25,36H,1,13,17H2,2-4H3,(H2,30,32,33)/t25-/m1/s1. The topological polar surface area (TPSA) is 116 Å². The number of anilines is 3. The van der Waals surface area contributed by atoms with E-state index < -0.39 is 5.54 Å². The van der Waals surface area contributed by atoms with E-state index in [1.165, 1.54) is 0 Å². The summed E-state index contributed by atoms with van der Waals surface area (Å²) in [7, 11) is 0. The van der Waals surface area contributed by atoms with Gasteiger partial charge in [0.05, 0.1) is 29.4 Å². The number of pyridine rings is 1. The lowest BCUT2D eigenvalue weighted by molar-refractivity contribution is 0.0652. The molecule has 9 heteroatoms. The van der Waals surface area contributed by atoms with E-state index in [4.69, 9.17) is 4.52 Å². The summed E-state index contributed by atoms with van der Waals surface area (Å²) in [6, 6.07) is 16.9. The minimum absolute atomic E-state index is 0.00350. The average Bonchev–Trinajstić information content (AvgIpc) is 3.43. The Bertz CT molecular complexity index is 1480. The maximum absolute atomic E-state index is 12.9. The van der Waals surface area contributed by atoms with Gasteiger partial charge in [0.1, 0.15) is 5.82 Å². The van der Waals surface area contributed by atoms with Crippen LogP contribution in [0.4, 0.5) is 17.2 Å². The first-order chi connectivity index (χ1) is 18.3. The van der Waals surface area contributed by atoms with Crippen LogP contribution in [0, 0.1) is 6.92 Å². The molecule has 0 saturated heterocycles. The molecule has 5 rings (SSSR count). The second-order valence-corrected chi connectivity index (χ2v) is 9.70. The number of carbonyl (C=O) groups is 1. The lowest BCUT2D eigenvalue weighted by Gasteiger charge is -2.31. The highest BCUT2D eigenvalue weighted by atomic mass is 16.5. The third kappa shape index (κ3) is 4.64. The Hall–Kier alpha value is -4.50. The van der Waals surface area contributed by atoms with Gasteiger partial charge in [-0.15, -0.1) is 6.58 Å². The second-order valence-electron chi connectivity index (χ2n) is 9.70. The minimum atomic E-state index is -0.470. The molecule has 0 radical (unpaired) electrons. The summed E-state index contributed by atoms with van der Waals surface area (Å²) in [6.45, 7) is 9.97. The number of aromatic nitrogens is 3. The van der Waals surface area contributed by atoms with Gasteiger partial charge in [0.15, 0.2) is 5.82 Å². The van der Waals surface area contributed by atoms with Crippen molar-refractivity contribution in [2.24, 2.45) is 0 Å². The summed E-state index contributed by atoms with van der Waals surface area (Å²) < 4.78 is 5.42. The Balaban J connectivity index is 1.49. The van der Waals surface area contributed by atoms with Gasteiger partial charge in [-0.05, 0) is 50.1 Å². The molecule has 1 atom stereocenters. The van der Waals surface area contributed by atoms with Crippen molar-refractivity contribution in [1.82, 2.24) is 20.0 Å². The third-order valence-corrected chi connectivity index (χ3v) is 6.79. The largest absolute Gasteiger partial charge is 0.394 e. The molecule has 194 valence electrons. The van der Waals surface area contributed by atoms with E-state index in [1.54, 1.807) is 19.2 Å². The van der Waals surface area contributed by atoms with Crippen molar-refractivity contribution in [3.63, 3.8) is 0 Å². The van der Waals surface area contributed by atoms with E-state index >= 15 is 0 Å². The van der Waals surface area contributed by atoms with Gasteiger partial charge < -0.3 is 25.2 Å². The lowest BCUT2D eigenvalue weighted by Crippen LogP contribution is -2.39. The molecule has 4 aromatic rings. The molecule has 0 saturated carbocycles. The second kappa shape index (κ2) is 10.1. The van der Waals surface area contributed by atoms with Crippen LogP contribution in [0.5, 0.6) is 0 Å². The monoisotopic (exact) mass is 510 g/mol. The Kier molecular flexibility index (Phi) is 6.69. The molecule has 0 aliphatic carbocycles. The molecule has 1 aliphatic heterocycles. The smallest absolute Gasteiger partial charge is 0.261 e. The van der Waals surface area contributed by atoms with E-state index in [1.807, 2.05) is 73.3 Å².